The van der Waals surface area contributed by atoms with E-state index >= 15 is 0 Å². The van der Waals surface area contributed by atoms with Crippen molar-refractivity contribution in [2.45, 2.75) is 25.7 Å². The Labute approximate surface area is 85.6 Å². The number of halogens is 1. The van der Waals surface area contributed by atoms with E-state index in [2.05, 4.69) is 35.1 Å². The largest absolute Gasteiger partial charge is 0.450 e. The first-order valence-electron chi connectivity index (χ1n) is 4.23. The Morgan fingerprint density at radius 1 is 1.54 bits per heavy atom. The van der Waals surface area contributed by atoms with E-state index in [1.807, 2.05) is 12.1 Å². The molecule has 0 saturated carbocycles. The fraction of sp³-hybridized carbons (Fsp3) is 0.556. The summed E-state index contributed by atoms with van der Waals surface area (Å²) in [5.41, 5.74) is -0.107. The zero-order chi connectivity index (χ0) is 9.47. The molecule has 1 aromatic rings. The Balaban J connectivity index is 2.12. The minimum absolute atomic E-state index is 0.107. The fourth-order valence-electron chi connectivity index (χ4n) is 1.37. The second-order valence-electron chi connectivity index (χ2n) is 3.78. The van der Waals surface area contributed by atoms with Gasteiger partial charge in [-0.05, 0) is 41.9 Å². The monoisotopic (exact) mass is 245 g/mol. The maximum absolute atomic E-state index is 5.72. The Morgan fingerprint density at radius 3 is 2.77 bits per heavy atom. The van der Waals surface area contributed by atoms with Gasteiger partial charge in [0.25, 0.3) is 0 Å². The lowest BCUT2D eigenvalue weighted by Crippen LogP contribution is -2.23. The SMILES string of the molecule is CC1(C)CNC(c2ccc(Br)o2)O1. The van der Waals surface area contributed by atoms with Gasteiger partial charge >= 0.3 is 0 Å². The molecule has 1 unspecified atom stereocenters. The molecule has 0 spiro atoms. The van der Waals surface area contributed by atoms with Crippen LogP contribution >= 0.6 is 15.9 Å². The average Bonchev–Trinajstić information content (AvgIpc) is 2.56. The molecule has 1 aliphatic rings. The summed E-state index contributed by atoms with van der Waals surface area (Å²) < 4.78 is 11.8. The minimum atomic E-state index is -0.110. The molecule has 3 nitrogen and oxygen atoms in total. The zero-order valence-corrected chi connectivity index (χ0v) is 9.22. The van der Waals surface area contributed by atoms with Crippen molar-refractivity contribution >= 4 is 15.9 Å². The average molecular weight is 246 g/mol. The van der Waals surface area contributed by atoms with Crippen molar-refractivity contribution < 1.29 is 9.15 Å². The van der Waals surface area contributed by atoms with Crippen molar-refractivity contribution in [2.24, 2.45) is 0 Å². The molecule has 4 heteroatoms. The van der Waals surface area contributed by atoms with Gasteiger partial charge in [-0.25, -0.2) is 0 Å². The first-order valence-corrected chi connectivity index (χ1v) is 5.03. The highest BCUT2D eigenvalue weighted by Gasteiger charge is 2.33. The molecule has 1 aromatic heterocycles. The lowest BCUT2D eigenvalue weighted by Gasteiger charge is -2.16. The highest BCUT2D eigenvalue weighted by atomic mass is 79.9. The summed E-state index contributed by atoms with van der Waals surface area (Å²) >= 11 is 3.26. The van der Waals surface area contributed by atoms with Crippen molar-refractivity contribution in [1.82, 2.24) is 5.32 Å². The first-order chi connectivity index (χ1) is 6.07. The van der Waals surface area contributed by atoms with Gasteiger partial charge in [0.2, 0.25) is 0 Å². The van der Waals surface area contributed by atoms with Crippen molar-refractivity contribution in [2.75, 3.05) is 6.54 Å². The summed E-state index contributed by atoms with van der Waals surface area (Å²) in [6.45, 7) is 4.95. The van der Waals surface area contributed by atoms with Gasteiger partial charge < -0.3 is 9.15 Å². The topological polar surface area (TPSA) is 34.4 Å². The summed E-state index contributed by atoms with van der Waals surface area (Å²) in [5, 5.41) is 3.24. The van der Waals surface area contributed by atoms with Gasteiger partial charge in [-0.2, -0.15) is 0 Å². The molecule has 0 aliphatic carbocycles. The van der Waals surface area contributed by atoms with Gasteiger partial charge in [0, 0.05) is 6.54 Å². The maximum Gasteiger partial charge on any atom is 0.169 e. The summed E-state index contributed by atoms with van der Waals surface area (Å²) in [5.74, 6) is 0.817. The number of ether oxygens (including phenoxy) is 1. The van der Waals surface area contributed by atoms with Crippen molar-refractivity contribution in [1.29, 1.82) is 0 Å². The normalized spacial score (nSPS) is 26.5. The third kappa shape index (κ3) is 1.95. The second kappa shape index (κ2) is 3.12. The van der Waals surface area contributed by atoms with Crippen molar-refractivity contribution in [3.05, 3.63) is 22.6 Å². The van der Waals surface area contributed by atoms with Crippen LogP contribution in [0.5, 0.6) is 0 Å². The Morgan fingerprint density at radius 2 is 2.31 bits per heavy atom. The van der Waals surface area contributed by atoms with E-state index < -0.39 is 0 Å². The molecule has 1 aliphatic heterocycles. The molecule has 2 heterocycles. The summed E-state index contributed by atoms with van der Waals surface area (Å²) in [6, 6.07) is 3.77. The number of furan rings is 1. The molecule has 0 radical (unpaired) electrons. The van der Waals surface area contributed by atoms with Gasteiger partial charge in [0.05, 0.1) is 5.60 Å². The van der Waals surface area contributed by atoms with Crippen LogP contribution in [0.25, 0.3) is 0 Å². The van der Waals surface area contributed by atoms with Gasteiger partial charge in [-0.1, -0.05) is 0 Å². The lowest BCUT2D eigenvalue weighted by atomic mass is 10.1. The molecule has 72 valence electrons. The smallest absolute Gasteiger partial charge is 0.169 e. The van der Waals surface area contributed by atoms with Crippen molar-refractivity contribution in [3.8, 4) is 0 Å². The fourth-order valence-corrected chi connectivity index (χ4v) is 1.69. The van der Waals surface area contributed by atoms with Gasteiger partial charge in [0.1, 0.15) is 5.76 Å². The molecule has 13 heavy (non-hydrogen) atoms. The van der Waals surface area contributed by atoms with Crippen LogP contribution in [0.2, 0.25) is 0 Å². The lowest BCUT2D eigenvalue weighted by molar-refractivity contribution is -0.0253. The van der Waals surface area contributed by atoms with Gasteiger partial charge in [0.15, 0.2) is 10.9 Å². The Hall–Kier alpha value is -0.320. The molecule has 0 bridgehead atoms. The molecule has 1 atom stereocenters. The second-order valence-corrected chi connectivity index (χ2v) is 4.56. The van der Waals surface area contributed by atoms with E-state index in [0.29, 0.717) is 0 Å². The Bertz CT molecular complexity index is 308. The van der Waals surface area contributed by atoms with E-state index in [1.54, 1.807) is 0 Å². The highest BCUT2D eigenvalue weighted by Crippen LogP contribution is 2.29. The van der Waals surface area contributed by atoms with Crippen LogP contribution < -0.4 is 5.32 Å². The molecule has 0 aromatic carbocycles. The first kappa shape index (κ1) is 9.24. The molecule has 0 amide bonds. The number of hydrogen-bond acceptors (Lipinski definition) is 3. The molecule has 1 N–H and O–H groups in total. The van der Waals surface area contributed by atoms with E-state index in [4.69, 9.17) is 9.15 Å². The van der Waals surface area contributed by atoms with Gasteiger partial charge in [-0.15, -0.1) is 0 Å². The zero-order valence-electron chi connectivity index (χ0n) is 7.63. The molecule has 1 fully saturated rings. The van der Waals surface area contributed by atoms with Crippen LogP contribution in [0.3, 0.4) is 0 Å². The van der Waals surface area contributed by atoms with Crippen LogP contribution in [-0.4, -0.2) is 12.1 Å². The Kier molecular flexibility index (Phi) is 2.21. The van der Waals surface area contributed by atoms with E-state index in [9.17, 15) is 0 Å². The maximum atomic E-state index is 5.72. The van der Waals surface area contributed by atoms with E-state index in [1.165, 1.54) is 0 Å². The summed E-state index contributed by atoms with van der Waals surface area (Å²) in [7, 11) is 0. The van der Waals surface area contributed by atoms with Crippen LogP contribution in [0, 0.1) is 0 Å². The molecule has 2 rings (SSSR count). The highest BCUT2D eigenvalue weighted by molar-refractivity contribution is 9.10. The predicted molar refractivity (Wildman–Crippen MR) is 52.3 cm³/mol. The van der Waals surface area contributed by atoms with Crippen LogP contribution in [0.15, 0.2) is 21.2 Å². The third-order valence-corrected chi connectivity index (χ3v) is 2.43. The third-order valence-electron chi connectivity index (χ3n) is 2.00. The summed E-state index contributed by atoms with van der Waals surface area (Å²) in [4.78, 5) is 0. The quantitative estimate of drug-likeness (QED) is 0.826. The number of hydrogen-bond donors (Lipinski definition) is 1. The van der Waals surface area contributed by atoms with E-state index in [-0.39, 0.29) is 11.8 Å². The van der Waals surface area contributed by atoms with Crippen molar-refractivity contribution in [3.63, 3.8) is 0 Å². The van der Waals surface area contributed by atoms with Crippen LogP contribution in [-0.2, 0) is 4.74 Å². The molecule has 1 saturated heterocycles. The molecular formula is C9H12BrNO2. The predicted octanol–water partition coefficient (Wildman–Crippen LogP) is 2.44. The number of nitrogens with one attached hydrogen (secondary N) is 1. The van der Waals surface area contributed by atoms with Gasteiger partial charge in [-0.3, -0.25) is 5.32 Å². The number of rotatable bonds is 1. The standard InChI is InChI=1S/C9H12BrNO2/c1-9(2)5-11-8(13-9)6-3-4-7(10)12-6/h3-4,8,11H,5H2,1-2H3. The minimum Gasteiger partial charge on any atom is -0.450 e. The molecular weight excluding hydrogens is 234 g/mol. The summed E-state index contributed by atoms with van der Waals surface area (Å²) in [6.07, 6.45) is -0.110. The van der Waals surface area contributed by atoms with Crippen LogP contribution in [0.1, 0.15) is 25.8 Å². The van der Waals surface area contributed by atoms with E-state index in [0.717, 1.165) is 17.0 Å². The van der Waals surface area contributed by atoms with Crippen LogP contribution in [0.4, 0.5) is 0 Å².